The molecule has 0 aromatic carbocycles. The molecule has 1 aromatic heterocycles. The van der Waals surface area contributed by atoms with Crippen molar-refractivity contribution in [3.05, 3.63) is 11.8 Å². The van der Waals surface area contributed by atoms with Crippen LogP contribution in [0, 0.1) is 0 Å². The van der Waals surface area contributed by atoms with E-state index in [1.54, 1.807) is 4.68 Å². The molecule has 1 amide bonds. The lowest BCUT2D eigenvalue weighted by molar-refractivity contribution is -0.117. The molecule has 1 saturated heterocycles. The average Bonchev–Trinajstić information content (AvgIpc) is 2.72. The number of amides is 1. The van der Waals surface area contributed by atoms with Crippen LogP contribution in [0.1, 0.15) is 26.5 Å². The number of nitrogens with zero attached hydrogens (tertiary/aromatic N) is 3. The second-order valence-electron chi connectivity index (χ2n) is 6.36. The summed E-state index contributed by atoms with van der Waals surface area (Å²) in [6.07, 6.45) is 0. The fourth-order valence-corrected chi connectivity index (χ4v) is 2.21. The zero-order valence-electron chi connectivity index (χ0n) is 12.9. The van der Waals surface area contributed by atoms with Gasteiger partial charge < -0.3 is 10.6 Å². The van der Waals surface area contributed by atoms with Gasteiger partial charge in [0.2, 0.25) is 5.91 Å². The summed E-state index contributed by atoms with van der Waals surface area (Å²) >= 11 is 0. The quantitative estimate of drug-likeness (QED) is 0.849. The SMILES string of the molecule is Cn1nc(C(C)(C)C)cc1NC(=O)CN1CCNCC1. The number of aryl methyl sites for hydroxylation is 1. The third kappa shape index (κ3) is 3.80. The molecule has 1 aliphatic heterocycles. The van der Waals surface area contributed by atoms with Gasteiger partial charge in [-0.3, -0.25) is 14.4 Å². The fourth-order valence-electron chi connectivity index (χ4n) is 2.21. The third-order valence-corrected chi connectivity index (χ3v) is 3.49. The zero-order valence-corrected chi connectivity index (χ0v) is 12.9. The largest absolute Gasteiger partial charge is 0.314 e. The van der Waals surface area contributed by atoms with Crippen molar-refractivity contribution < 1.29 is 4.79 Å². The molecule has 1 aromatic rings. The Morgan fingerprint density at radius 3 is 2.60 bits per heavy atom. The molecule has 0 unspecified atom stereocenters. The highest BCUT2D eigenvalue weighted by Crippen LogP contribution is 2.23. The number of rotatable bonds is 3. The maximum Gasteiger partial charge on any atom is 0.239 e. The van der Waals surface area contributed by atoms with E-state index in [2.05, 4.69) is 41.4 Å². The normalized spacial score (nSPS) is 17.2. The summed E-state index contributed by atoms with van der Waals surface area (Å²) in [5.41, 5.74) is 0.969. The fraction of sp³-hybridized carbons (Fsp3) is 0.714. The Morgan fingerprint density at radius 1 is 1.40 bits per heavy atom. The van der Waals surface area contributed by atoms with Gasteiger partial charge in [-0.25, -0.2) is 0 Å². The average molecular weight is 279 g/mol. The Labute approximate surface area is 120 Å². The van der Waals surface area contributed by atoms with Gasteiger partial charge in [-0.05, 0) is 0 Å². The molecular formula is C14H25N5O. The summed E-state index contributed by atoms with van der Waals surface area (Å²) in [6, 6.07) is 1.95. The molecule has 2 heterocycles. The van der Waals surface area contributed by atoms with E-state index in [1.165, 1.54) is 0 Å². The molecule has 6 heteroatoms. The number of hydrogen-bond donors (Lipinski definition) is 2. The second kappa shape index (κ2) is 5.93. The van der Waals surface area contributed by atoms with Gasteiger partial charge in [0, 0.05) is 44.7 Å². The van der Waals surface area contributed by atoms with Gasteiger partial charge in [0.05, 0.1) is 12.2 Å². The minimum Gasteiger partial charge on any atom is -0.314 e. The lowest BCUT2D eigenvalue weighted by Gasteiger charge is -2.26. The van der Waals surface area contributed by atoms with Crippen molar-refractivity contribution in [1.29, 1.82) is 0 Å². The zero-order chi connectivity index (χ0) is 14.8. The number of carbonyl (C=O) groups excluding carboxylic acids is 1. The lowest BCUT2D eigenvalue weighted by Crippen LogP contribution is -2.46. The molecule has 2 rings (SSSR count). The number of hydrogen-bond acceptors (Lipinski definition) is 4. The maximum atomic E-state index is 12.1. The first kappa shape index (κ1) is 15.0. The third-order valence-electron chi connectivity index (χ3n) is 3.49. The van der Waals surface area contributed by atoms with E-state index in [9.17, 15) is 4.79 Å². The van der Waals surface area contributed by atoms with Crippen molar-refractivity contribution in [3.8, 4) is 0 Å². The Bertz CT molecular complexity index is 468. The van der Waals surface area contributed by atoms with Crippen molar-refractivity contribution in [3.63, 3.8) is 0 Å². The molecule has 2 N–H and O–H groups in total. The van der Waals surface area contributed by atoms with Gasteiger partial charge in [0.15, 0.2) is 0 Å². The highest BCUT2D eigenvalue weighted by atomic mass is 16.2. The number of anilines is 1. The van der Waals surface area contributed by atoms with E-state index in [0.717, 1.165) is 37.7 Å². The van der Waals surface area contributed by atoms with Crippen LogP contribution in [0.3, 0.4) is 0 Å². The van der Waals surface area contributed by atoms with Crippen LogP contribution in [0.4, 0.5) is 5.82 Å². The van der Waals surface area contributed by atoms with Crippen molar-refractivity contribution in [2.45, 2.75) is 26.2 Å². The Kier molecular flexibility index (Phi) is 4.45. The predicted molar refractivity (Wildman–Crippen MR) is 79.8 cm³/mol. The van der Waals surface area contributed by atoms with E-state index >= 15 is 0 Å². The summed E-state index contributed by atoms with van der Waals surface area (Å²) in [6.45, 7) is 10.5. The van der Waals surface area contributed by atoms with E-state index < -0.39 is 0 Å². The highest BCUT2D eigenvalue weighted by Gasteiger charge is 2.20. The van der Waals surface area contributed by atoms with Gasteiger partial charge in [0.1, 0.15) is 5.82 Å². The molecule has 0 radical (unpaired) electrons. The van der Waals surface area contributed by atoms with Crippen molar-refractivity contribution in [1.82, 2.24) is 20.0 Å². The monoisotopic (exact) mass is 279 g/mol. The molecular weight excluding hydrogens is 254 g/mol. The molecule has 0 bridgehead atoms. The van der Waals surface area contributed by atoms with Crippen molar-refractivity contribution in [2.24, 2.45) is 7.05 Å². The first-order valence-electron chi connectivity index (χ1n) is 7.14. The molecule has 0 aliphatic carbocycles. The molecule has 0 saturated carbocycles. The minimum atomic E-state index is -0.0146. The van der Waals surface area contributed by atoms with Crippen LogP contribution in [0.5, 0.6) is 0 Å². The Balaban J connectivity index is 1.95. The highest BCUT2D eigenvalue weighted by molar-refractivity contribution is 5.91. The van der Waals surface area contributed by atoms with Gasteiger partial charge in [-0.15, -0.1) is 0 Å². The van der Waals surface area contributed by atoms with Gasteiger partial charge in [0.25, 0.3) is 0 Å². The van der Waals surface area contributed by atoms with E-state index in [0.29, 0.717) is 6.54 Å². The summed E-state index contributed by atoms with van der Waals surface area (Å²) in [7, 11) is 1.86. The van der Waals surface area contributed by atoms with Crippen LogP contribution in [-0.4, -0.2) is 53.3 Å². The molecule has 112 valence electrons. The van der Waals surface area contributed by atoms with Gasteiger partial charge >= 0.3 is 0 Å². The number of carbonyl (C=O) groups is 1. The van der Waals surface area contributed by atoms with E-state index in [-0.39, 0.29) is 11.3 Å². The van der Waals surface area contributed by atoms with Gasteiger partial charge in [-0.1, -0.05) is 20.8 Å². The molecule has 0 atom stereocenters. The smallest absolute Gasteiger partial charge is 0.239 e. The van der Waals surface area contributed by atoms with Crippen LogP contribution in [0.25, 0.3) is 0 Å². The predicted octanol–water partition coefficient (Wildman–Crippen LogP) is 0.561. The Morgan fingerprint density at radius 2 is 2.05 bits per heavy atom. The van der Waals surface area contributed by atoms with Crippen molar-refractivity contribution in [2.75, 3.05) is 38.0 Å². The first-order valence-corrected chi connectivity index (χ1v) is 7.14. The summed E-state index contributed by atoms with van der Waals surface area (Å²) < 4.78 is 1.73. The molecule has 1 aliphatic rings. The molecule has 20 heavy (non-hydrogen) atoms. The number of piperazine rings is 1. The van der Waals surface area contributed by atoms with E-state index in [4.69, 9.17) is 0 Å². The molecule has 1 fully saturated rings. The summed E-state index contributed by atoms with van der Waals surface area (Å²) in [5, 5.41) is 10.7. The second-order valence-corrected chi connectivity index (χ2v) is 6.36. The molecule has 0 spiro atoms. The van der Waals surface area contributed by atoms with Crippen molar-refractivity contribution >= 4 is 11.7 Å². The number of nitrogens with one attached hydrogen (secondary N) is 2. The maximum absolute atomic E-state index is 12.1. The topological polar surface area (TPSA) is 62.2 Å². The van der Waals surface area contributed by atoms with Crippen LogP contribution < -0.4 is 10.6 Å². The minimum absolute atomic E-state index is 0.0146. The lowest BCUT2D eigenvalue weighted by atomic mass is 9.92. The first-order chi connectivity index (χ1) is 9.36. The van der Waals surface area contributed by atoms with Crippen LogP contribution in [0.15, 0.2) is 6.07 Å². The number of aromatic nitrogens is 2. The van der Waals surface area contributed by atoms with Crippen LogP contribution in [-0.2, 0) is 17.3 Å². The van der Waals surface area contributed by atoms with Gasteiger partial charge in [-0.2, -0.15) is 5.10 Å². The molecule has 6 nitrogen and oxygen atoms in total. The Hall–Kier alpha value is -1.40. The van der Waals surface area contributed by atoms with Crippen LogP contribution in [0.2, 0.25) is 0 Å². The van der Waals surface area contributed by atoms with Crippen LogP contribution >= 0.6 is 0 Å². The summed E-state index contributed by atoms with van der Waals surface area (Å²) in [5.74, 6) is 0.783. The summed E-state index contributed by atoms with van der Waals surface area (Å²) in [4.78, 5) is 14.2. The standard InChI is InChI=1S/C14H25N5O/c1-14(2,3)11-9-12(18(4)17-11)16-13(20)10-19-7-5-15-6-8-19/h9,15H,5-8,10H2,1-4H3,(H,16,20). The van der Waals surface area contributed by atoms with E-state index in [1.807, 2.05) is 13.1 Å².